The minimum absolute atomic E-state index is 0.115. The van der Waals surface area contributed by atoms with E-state index in [1.54, 1.807) is 6.20 Å². The van der Waals surface area contributed by atoms with Crippen LogP contribution in [0.1, 0.15) is 29.4 Å². The van der Waals surface area contributed by atoms with Gasteiger partial charge in [-0.25, -0.2) is 0 Å². The summed E-state index contributed by atoms with van der Waals surface area (Å²) in [6.45, 7) is 4.82. The molecule has 2 aromatic rings. The Balaban J connectivity index is 2.15. The third-order valence-electron chi connectivity index (χ3n) is 2.59. The van der Waals surface area contributed by atoms with Gasteiger partial charge in [0.15, 0.2) is 0 Å². The van der Waals surface area contributed by atoms with Gasteiger partial charge in [-0.05, 0) is 25.5 Å². The first kappa shape index (κ1) is 11.4. The molecule has 2 N–H and O–H groups in total. The van der Waals surface area contributed by atoms with E-state index in [1.807, 2.05) is 29.8 Å². The molecular weight excluding hydrogens is 216 g/mol. The van der Waals surface area contributed by atoms with E-state index < -0.39 is 0 Å². The molecule has 0 aliphatic rings. The molecule has 0 saturated carbocycles. The lowest BCUT2D eigenvalue weighted by Gasteiger charge is -2.07. The van der Waals surface area contributed by atoms with Crippen LogP contribution in [0.2, 0.25) is 0 Å². The first-order valence-electron chi connectivity index (χ1n) is 5.69. The fraction of sp³-hybridized carbons (Fsp3) is 0.333. The van der Waals surface area contributed by atoms with Crippen molar-refractivity contribution in [1.82, 2.24) is 14.8 Å². The molecule has 0 saturated heterocycles. The topological polar surface area (TPSA) is 62.7 Å². The highest BCUT2D eigenvalue weighted by atomic mass is 16.2. The molecule has 0 unspecified atom stereocenters. The highest BCUT2D eigenvalue weighted by Gasteiger charge is 2.12. The van der Waals surface area contributed by atoms with Crippen LogP contribution in [0.5, 0.6) is 0 Å². The number of nitrogens with one attached hydrogen (secondary N) is 2. The fourth-order valence-corrected chi connectivity index (χ4v) is 1.71. The van der Waals surface area contributed by atoms with Crippen LogP contribution in [0.15, 0.2) is 24.5 Å². The van der Waals surface area contributed by atoms with Crippen molar-refractivity contribution in [3.63, 3.8) is 0 Å². The average Bonchev–Trinajstić information content (AvgIpc) is 2.89. The van der Waals surface area contributed by atoms with Gasteiger partial charge in [0.2, 0.25) is 0 Å². The van der Waals surface area contributed by atoms with E-state index in [4.69, 9.17) is 0 Å². The summed E-state index contributed by atoms with van der Waals surface area (Å²) < 4.78 is 1.95. The second kappa shape index (κ2) is 4.86. The number of hydrogen-bond donors (Lipinski definition) is 2. The molecule has 2 rings (SSSR count). The number of rotatable bonds is 4. The van der Waals surface area contributed by atoms with E-state index in [2.05, 4.69) is 22.4 Å². The summed E-state index contributed by atoms with van der Waals surface area (Å²) in [5, 5.41) is 9.44. The van der Waals surface area contributed by atoms with Crippen LogP contribution in [-0.4, -0.2) is 20.7 Å². The summed E-state index contributed by atoms with van der Waals surface area (Å²) in [5.41, 5.74) is 1.59. The molecule has 1 amide bonds. The monoisotopic (exact) mass is 232 g/mol. The molecule has 0 aliphatic carbocycles. The van der Waals surface area contributed by atoms with Gasteiger partial charge < -0.3 is 9.88 Å². The SMILES string of the molecule is CCCn1cccc1C(=O)Nc1[nH]ncc1C. The molecule has 2 aromatic heterocycles. The number of carbonyl (C=O) groups is 1. The van der Waals surface area contributed by atoms with Crippen molar-refractivity contribution in [3.05, 3.63) is 35.8 Å². The number of nitrogens with zero attached hydrogens (tertiary/aromatic N) is 2. The van der Waals surface area contributed by atoms with Crippen molar-refractivity contribution in [2.75, 3.05) is 5.32 Å². The Bertz CT molecular complexity index is 512. The van der Waals surface area contributed by atoms with Gasteiger partial charge in [-0.3, -0.25) is 9.89 Å². The molecule has 0 spiro atoms. The number of carbonyl (C=O) groups excluding carboxylic acids is 1. The highest BCUT2D eigenvalue weighted by molar-refractivity contribution is 6.02. The maximum atomic E-state index is 12.0. The summed E-state index contributed by atoms with van der Waals surface area (Å²) in [6.07, 6.45) is 4.59. The van der Waals surface area contributed by atoms with Gasteiger partial charge in [0.05, 0.1) is 6.20 Å². The molecule has 0 radical (unpaired) electrons. The standard InChI is InChI=1S/C12H16N4O/c1-3-6-16-7-4-5-10(16)12(17)14-11-9(2)8-13-15-11/h4-5,7-8H,3,6H2,1-2H3,(H2,13,14,15,17). The first-order valence-corrected chi connectivity index (χ1v) is 5.69. The van der Waals surface area contributed by atoms with Crippen molar-refractivity contribution in [2.24, 2.45) is 0 Å². The summed E-state index contributed by atoms with van der Waals surface area (Å²) >= 11 is 0. The number of aryl methyl sites for hydroxylation is 2. The maximum absolute atomic E-state index is 12.0. The lowest BCUT2D eigenvalue weighted by molar-refractivity contribution is 0.101. The molecular formula is C12H16N4O. The van der Waals surface area contributed by atoms with Crippen molar-refractivity contribution in [2.45, 2.75) is 26.8 Å². The van der Waals surface area contributed by atoms with Crippen LogP contribution < -0.4 is 5.32 Å². The normalized spacial score (nSPS) is 10.5. The van der Waals surface area contributed by atoms with Gasteiger partial charge in [-0.15, -0.1) is 0 Å². The Morgan fingerprint density at radius 1 is 1.59 bits per heavy atom. The third-order valence-corrected chi connectivity index (χ3v) is 2.59. The predicted molar refractivity (Wildman–Crippen MR) is 66.0 cm³/mol. The number of anilines is 1. The summed E-state index contributed by atoms with van der Waals surface area (Å²) in [4.78, 5) is 12.0. The van der Waals surface area contributed by atoms with Gasteiger partial charge in [-0.1, -0.05) is 6.92 Å². The minimum atomic E-state index is -0.115. The van der Waals surface area contributed by atoms with Gasteiger partial charge in [-0.2, -0.15) is 5.10 Å². The minimum Gasteiger partial charge on any atom is -0.344 e. The molecule has 0 aliphatic heterocycles. The van der Waals surface area contributed by atoms with Gasteiger partial charge in [0, 0.05) is 18.3 Å². The van der Waals surface area contributed by atoms with E-state index in [0.29, 0.717) is 11.5 Å². The number of amides is 1. The molecule has 0 aromatic carbocycles. The number of H-pyrrole nitrogens is 1. The smallest absolute Gasteiger partial charge is 0.273 e. The Morgan fingerprint density at radius 2 is 2.41 bits per heavy atom. The molecule has 90 valence electrons. The molecule has 0 bridgehead atoms. The molecule has 0 fully saturated rings. The third kappa shape index (κ3) is 2.38. The molecule has 2 heterocycles. The summed E-state index contributed by atoms with van der Waals surface area (Å²) in [5.74, 6) is 0.537. The Morgan fingerprint density at radius 3 is 3.06 bits per heavy atom. The fourth-order valence-electron chi connectivity index (χ4n) is 1.71. The Hall–Kier alpha value is -2.04. The van der Waals surface area contributed by atoms with Crippen LogP contribution in [0.4, 0.5) is 5.82 Å². The second-order valence-electron chi connectivity index (χ2n) is 3.97. The van der Waals surface area contributed by atoms with Crippen molar-refractivity contribution in [1.29, 1.82) is 0 Å². The molecule has 5 nitrogen and oxygen atoms in total. The van der Waals surface area contributed by atoms with Crippen molar-refractivity contribution in [3.8, 4) is 0 Å². The molecule has 5 heteroatoms. The number of aromatic amines is 1. The van der Waals surface area contributed by atoms with Crippen LogP contribution >= 0.6 is 0 Å². The zero-order chi connectivity index (χ0) is 12.3. The zero-order valence-electron chi connectivity index (χ0n) is 10.0. The molecule has 0 atom stereocenters. The van der Waals surface area contributed by atoms with Crippen LogP contribution in [-0.2, 0) is 6.54 Å². The quantitative estimate of drug-likeness (QED) is 0.848. The van der Waals surface area contributed by atoms with Crippen LogP contribution in [0.3, 0.4) is 0 Å². The van der Waals surface area contributed by atoms with E-state index in [-0.39, 0.29) is 5.91 Å². The van der Waals surface area contributed by atoms with Crippen LogP contribution in [0, 0.1) is 6.92 Å². The number of aromatic nitrogens is 3. The average molecular weight is 232 g/mol. The lowest BCUT2D eigenvalue weighted by Crippen LogP contribution is -2.17. The summed E-state index contributed by atoms with van der Waals surface area (Å²) in [6, 6.07) is 3.70. The Kier molecular flexibility index (Phi) is 3.27. The van der Waals surface area contributed by atoms with Crippen LogP contribution in [0.25, 0.3) is 0 Å². The van der Waals surface area contributed by atoms with Gasteiger partial charge in [0.25, 0.3) is 5.91 Å². The van der Waals surface area contributed by atoms with Gasteiger partial charge >= 0.3 is 0 Å². The largest absolute Gasteiger partial charge is 0.344 e. The second-order valence-corrected chi connectivity index (χ2v) is 3.97. The lowest BCUT2D eigenvalue weighted by atomic mass is 10.3. The van der Waals surface area contributed by atoms with Gasteiger partial charge in [0.1, 0.15) is 11.5 Å². The van der Waals surface area contributed by atoms with E-state index in [9.17, 15) is 4.79 Å². The van der Waals surface area contributed by atoms with E-state index >= 15 is 0 Å². The zero-order valence-corrected chi connectivity index (χ0v) is 10.0. The van der Waals surface area contributed by atoms with Crippen molar-refractivity contribution >= 4 is 11.7 Å². The van der Waals surface area contributed by atoms with E-state index in [1.165, 1.54) is 0 Å². The molecule has 17 heavy (non-hydrogen) atoms. The Labute approximate surface area is 99.8 Å². The predicted octanol–water partition coefficient (Wildman–Crippen LogP) is 2.18. The highest BCUT2D eigenvalue weighted by Crippen LogP contribution is 2.11. The number of hydrogen-bond acceptors (Lipinski definition) is 2. The van der Waals surface area contributed by atoms with Crippen molar-refractivity contribution < 1.29 is 4.79 Å². The maximum Gasteiger partial charge on any atom is 0.273 e. The first-order chi connectivity index (χ1) is 8.22. The summed E-state index contributed by atoms with van der Waals surface area (Å²) in [7, 11) is 0. The van der Waals surface area contributed by atoms with E-state index in [0.717, 1.165) is 18.5 Å².